The Kier molecular flexibility index (Phi) is 4.75. The van der Waals surface area contributed by atoms with Crippen molar-refractivity contribution in [2.24, 2.45) is 5.92 Å². The molecular weight excluding hydrogens is 230 g/mol. The first-order valence-electron chi connectivity index (χ1n) is 6.56. The van der Waals surface area contributed by atoms with Gasteiger partial charge < -0.3 is 14.8 Å². The van der Waals surface area contributed by atoms with E-state index in [-0.39, 0.29) is 6.10 Å². The lowest BCUT2D eigenvalue weighted by Gasteiger charge is -2.22. The third-order valence-electron chi connectivity index (χ3n) is 2.87. The summed E-state index contributed by atoms with van der Waals surface area (Å²) in [6, 6.07) is 0. The van der Waals surface area contributed by atoms with Crippen LogP contribution in [0.5, 0.6) is 11.8 Å². The third-order valence-corrected chi connectivity index (χ3v) is 2.87. The average molecular weight is 251 g/mol. The maximum Gasteiger partial charge on any atom is 0.235 e. The topological polar surface area (TPSA) is 56.3 Å². The highest BCUT2D eigenvalue weighted by molar-refractivity contribution is 5.12. The van der Waals surface area contributed by atoms with E-state index < -0.39 is 0 Å². The second kappa shape index (κ2) is 6.54. The molecule has 0 aliphatic carbocycles. The van der Waals surface area contributed by atoms with Crippen molar-refractivity contribution in [3.8, 4) is 11.8 Å². The van der Waals surface area contributed by atoms with Gasteiger partial charge in [0, 0.05) is 0 Å². The summed E-state index contributed by atoms with van der Waals surface area (Å²) in [6.07, 6.45) is 5.66. The molecule has 0 atom stereocenters. The van der Waals surface area contributed by atoms with Crippen molar-refractivity contribution in [2.45, 2.75) is 32.8 Å². The lowest BCUT2D eigenvalue weighted by molar-refractivity contribution is 0.198. The van der Waals surface area contributed by atoms with Crippen molar-refractivity contribution in [3.63, 3.8) is 0 Å². The first-order chi connectivity index (χ1) is 8.74. The van der Waals surface area contributed by atoms with Crippen LogP contribution in [0.2, 0.25) is 0 Å². The number of hydrogen-bond donors (Lipinski definition) is 1. The maximum absolute atomic E-state index is 5.69. The van der Waals surface area contributed by atoms with E-state index in [9.17, 15) is 0 Å². The van der Waals surface area contributed by atoms with Crippen LogP contribution in [-0.2, 0) is 0 Å². The molecule has 0 saturated carbocycles. The maximum atomic E-state index is 5.69. The fourth-order valence-electron chi connectivity index (χ4n) is 1.95. The standard InChI is InChI=1S/C13H21N3O2/c1-10(2)18-13-8-15-7-12(16-13)17-9-11-3-5-14-6-4-11/h7-8,10-11,14H,3-6,9H2,1-2H3. The summed E-state index contributed by atoms with van der Waals surface area (Å²) in [5.74, 6) is 1.68. The highest BCUT2D eigenvalue weighted by Crippen LogP contribution is 2.16. The molecule has 1 aromatic rings. The third kappa shape index (κ3) is 4.14. The summed E-state index contributed by atoms with van der Waals surface area (Å²) in [5, 5.41) is 3.34. The Bertz CT molecular complexity index is 365. The van der Waals surface area contributed by atoms with Crippen LogP contribution in [0.4, 0.5) is 0 Å². The molecule has 0 bridgehead atoms. The van der Waals surface area contributed by atoms with Gasteiger partial charge in [-0.3, -0.25) is 4.98 Å². The van der Waals surface area contributed by atoms with Crippen molar-refractivity contribution < 1.29 is 9.47 Å². The van der Waals surface area contributed by atoms with E-state index in [0.29, 0.717) is 24.3 Å². The molecule has 1 saturated heterocycles. The molecule has 0 amide bonds. The van der Waals surface area contributed by atoms with Crippen LogP contribution in [0.15, 0.2) is 12.4 Å². The quantitative estimate of drug-likeness (QED) is 0.862. The highest BCUT2D eigenvalue weighted by Gasteiger charge is 2.14. The first kappa shape index (κ1) is 13.1. The second-order valence-corrected chi connectivity index (χ2v) is 4.87. The van der Waals surface area contributed by atoms with Gasteiger partial charge in [0.15, 0.2) is 0 Å². The lowest BCUT2D eigenvalue weighted by Crippen LogP contribution is -2.30. The van der Waals surface area contributed by atoms with Gasteiger partial charge >= 0.3 is 0 Å². The Morgan fingerprint density at radius 1 is 1.28 bits per heavy atom. The number of piperidine rings is 1. The molecule has 0 radical (unpaired) electrons. The average Bonchev–Trinajstić information content (AvgIpc) is 2.37. The molecule has 1 aliphatic heterocycles. The van der Waals surface area contributed by atoms with Crippen LogP contribution in [0.3, 0.4) is 0 Å². The largest absolute Gasteiger partial charge is 0.476 e. The van der Waals surface area contributed by atoms with Crippen LogP contribution in [-0.4, -0.2) is 35.8 Å². The van der Waals surface area contributed by atoms with Gasteiger partial charge in [-0.05, 0) is 45.7 Å². The molecule has 5 nitrogen and oxygen atoms in total. The minimum Gasteiger partial charge on any atom is -0.476 e. The van der Waals surface area contributed by atoms with E-state index in [0.717, 1.165) is 25.9 Å². The number of hydrogen-bond acceptors (Lipinski definition) is 5. The van der Waals surface area contributed by atoms with Gasteiger partial charge in [-0.1, -0.05) is 0 Å². The second-order valence-electron chi connectivity index (χ2n) is 4.87. The summed E-state index contributed by atoms with van der Waals surface area (Å²) in [6.45, 7) is 6.79. The zero-order valence-corrected chi connectivity index (χ0v) is 11.1. The fraction of sp³-hybridized carbons (Fsp3) is 0.692. The van der Waals surface area contributed by atoms with Crippen LogP contribution in [0.1, 0.15) is 26.7 Å². The van der Waals surface area contributed by atoms with Gasteiger partial charge in [0.2, 0.25) is 11.8 Å². The number of rotatable bonds is 5. The fourth-order valence-corrected chi connectivity index (χ4v) is 1.95. The Morgan fingerprint density at radius 2 is 2.00 bits per heavy atom. The van der Waals surface area contributed by atoms with Crippen LogP contribution < -0.4 is 14.8 Å². The highest BCUT2D eigenvalue weighted by atomic mass is 16.5. The Hall–Kier alpha value is -1.36. The molecule has 5 heteroatoms. The molecule has 100 valence electrons. The van der Waals surface area contributed by atoms with E-state index in [1.54, 1.807) is 12.4 Å². The molecule has 0 aromatic carbocycles. The van der Waals surface area contributed by atoms with E-state index >= 15 is 0 Å². The molecule has 1 aromatic heterocycles. The first-order valence-corrected chi connectivity index (χ1v) is 6.56. The summed E-state index contributed by atoms with van der Waals surface area (Å²) >= 11 is 0. The summed E-state index contributed by atoms with van der Waals surface area (Å²) < 4.78 is 11.2. The Balaban J connectivity index is 1.84. The molecular formula is C13H21N3O2. The van der Waals surface area contributed by atoms with E-state index in [2.05, 4.69) is 15.3 Å². The Labute approximate surface area is 108 Å². The predicted octanol–water partition coefficient (Wildman–Crippen LogP) is 1.64. The zero-order valence-electron chi connectivity index (χ0n) is 11.1. The smallest absolute Gasteiger partial charge is 0.235 e. The van der Waals surface area contributed by atoms with Gasteiger partial charge in [0.1, 0.15) is 0 Å². The van der Waals surface area contributed by atoms with E-state index in [4.69, 9.17) is 9.47 Å². The van der Waals surface area contributed by atoms with Crippen molar-refractivity contribution in [3.05, 3.63) is 12.4 Å². The number of ether oxygens (including phenoxy) is 2. The van der Waals surface area contributed by atoms with Gasteiger partial charge in [0.25, 0.3) is 0 Å². The van der Waals surface area contributed by atoms with Crippen molar-refractivity contribution in [2.75, 3.05) is 19.7 Å². The van der Waals surface area contributed by atoms with Crippen molar-refractivity contribution in [1.82, 2.24) is 15.3 Å². The van der Waals surface area contributed by atoms with Crippen LogP contribution >= 0.6 is 0 Å². The van der Waals surface area contributed by atoms with Gasteiger partial charge in [-0.15, -0.1) is 0 Å². The van der Waals surface area contributed by atoms with Gasteiger partial charge in [0.05, 0.1) is 25.1 Å². The summed E-state index contributed by atoms with van der Waals surface area (Å²) in [7, 11) is 0. The monoisotopic (exact) mass is 251 g/mol. The van der Waals surface area contributed by atoms with E-state index in [1.807, 2.05) is 13.8 Å². The van der Waals surface area contributed by atoms with Crippen molar-refractivity contribution in [1.29, 1.82) is 0 Å². The van der Waals surface area contributed by atoms with Gasteiger partial charge in [-0.2, -0.15) is 4.98 Å². The minimum absolute atomic E-state index is 0.0963. The zero-order chi connectivity index (χ0) is 12.8. The Morgan fingerprint density at radius 3 is 2.72 bits per heavy atom. The van der Waals surface area contributed by atoms with Crippen molar-refractivity contribution >= 4 is 0 Å². The molecule has 1 N–H and O–H groups in total. The molecule has 1 aliphatic rings. The molecule has 0 spiro atoms. The normalized spacial score (nSPS) is 16.8. The number of nitrogens with one attached hydrogen (secondary N) is 1. The lowest BCUT2D eigenvalue weighted by atomic mass is 9.99. The van der Waals surface area contributed by atoms with Gasteiger partial charge in [-0.25, -0.2) is 0 Å². The predicted molar refractivity (Wildman–Crippen MR) is 68.9 cm³/mol. The summed E-state index contributed by atoms with van der Waals surface area (Å²) in [4.78, 5) is 8.35. The van der Waals surface area contributed by atoms with Crippen LogP contribution in [0.25, 0.3) is 0 Å². The molecule has 0 unspecified atom stereocenters. The number of aromatic nitrogens is 2. The molecule has 18 heavy (non-hydrogen) atoms. The SMILES string of the molecule is CC(C)Oc1cncc(OCC2CCNCC2)n1. The molecule has 1 fully saturated rings. The van der Waals surface area contributed by atoms with E-state index in [1.165, 1.54) is 0 Å². The molecule has 2 heterocycles. The summed E-state index contributed by atoms with van der Waals surface area (Å²) in [5.41, 5.74) is 0. The minimum atomic E-state index is 0.0963. The number of nitrogens with zero attached hydrogens (tertiary/aromatic N) is 2. The molecule has 2 rings (SSSR count). The van der Waals surface area contributed by atoms with Crippen LogP contribution in [0, 0.1) is 5.92 Å².